The Morgan fingerprint density at radius 3 is 2.31 bits per heavy atom. The number of allylic oxidation sites excluding steroid dienone is 1. The van der Waals surface area contributed by atoms with Crippen LogP contribution in [0.3, 0.4) is 0 Å². The summed E-state index contributed by atoms with van der Waals surface area (Å²) in [6.45, 7) is 0.984. The summed E-state index contributed by atoms with van der Waals surface area (Å²) in [5.74, 6) is 1.77. The lowest BCUT2D eigenvalue weighted by atomic mass is 9.87. The van der Waals surface area contributed by atoms with Crippen molar-refractivity contribution in [3.63, 3.8) is 0 Å². The molecule has 1 saturated heterocycles. The van der Waals surface area contributed by atoms with Gasteiger partial charge in [0.2, 0.25) is 0 Å². The van der Waals surface area contributed by atoms with Gasteiger partial charge in [0.25, 0.3) is 0 Å². The van der Waals surface area contributed by atoms with Gasteiger partial charge in [0.1, 0.15) is 11.5 Å². The summed E-state index contributed by atoms with van der Waals surface area (Å²) in [7, 11) is 3.32. The first-order chi connectivity index (χ1) is 12.7. The molecule has 4 heteroatoms. The number of Topliss-reactive ketones (excluding diaryl/α,β-unsaturated/α-hetero) is 1. The molecular weight excluding hydrogens is 326 g/mol. The summed E-state index contributed by atoms with van der Waals surface area (Å²) in [6.07, 6.45) is 2.78. The van der Waals surface area contributed by atoms with Crippen LogP contribution in [0.2, 0.25) is 0 Å². The number of methoxy groups -OCH3 is 2. The zero-order chi connectivity index (χ0) is 18.1. The molecule has 0 aliphatic carbocycles. The van der Waals surface area contributed by atoms with E-state index in [1.165, 1.54) is 0 Å². The molecule has 134 valence electrons. The zero-order valence-corrected chi connectivity index (χ0v) is 15.2. The third-order valence-electron chi connectivity index (χ3n) is 5.30. The van der Waals surface area contributed by atoms with Crippen LogP contribution in [0, 0.1) is 0 Å². The molecule has 2 aliphatic rings. The normalized spacial score (nSPS) is 19.5. The molecule has 2 heterocycles. The van der Waals surface area contributed by atoms with Crippen molar-refractivity contribution in [2.75, 3.05) is 20.8 Å². The van der Waals surface area contributed by atoms with Crippen molar-refractivity contribution in [3.8, 4) is 11.5 Å². The number of nitrogens with zero attached hydrogens (tertiary/aromatic N) is 1. The van der Waals surface area contributed by atoms with Crippen LogP contribution in [-0.4, -0.2) is 37.5 Å². The number of carbonyl (C=O) groups is 1. The van der Waals surface area contributed by atoms with Gasteiger partial charge in [0.05, 0.1) is 19.9 Å². The van der Waals surface area contributed by atoms with Crippen molar-refractivity contribution < 1.29 is 14.3 Å². The van der Waals surface area contributed by atoms with E-state index in [-0.39, 0.29) is 5.78 Å². The Morgan fingerprint density at radius 2 is 1.62 bits per heavy atom. The van der Waals surface area contributed by atoms with E-state index < -0.39 is 0 Å². The van der Waals surface area contributed by atoms with E-state index in [4.69, 9.17) is 9.47 Å². The summed E-state index contributed by atoms with van der Waals surface area (Å²) in [5, 5.41) is 0. The Kier molecular flexibility index (Phi) is 4.41. The average Bonchev–Trinajstić information content (AvgIpc) is 3.14. The molecule has 0 N–H and O–H groups in total. The third kappa shape index (κ3) is 2.85. The molecular formula is C22H23NO3. The highest BCUT2D eigenvalue weighted by Crippen LogP contribution is 2.42. The summed E-state index contributed by atoms with van der Waals surface area (Å²) in [4.78, 5) is 15.5. The number of hydrogen-bond donors (Lipinski definition) is 0. The van der Waals surface area contributed by atoms with Crippen LogP contribution in [-0.2, 0) is 4.79 Å². The first-order valence-electron chi connectivity index (χ1n) is 9.04. The Hall–Kier alpha value is -2.75. The molecule has 1 unspecified atom stereocenters. The van der Waals surface area contributed by atoms with Gasteiger partial charge in [-0.1, -0.05) is 24.3 Å². The largest absolute Gasteiger partial charge is 0.497 e. The molecule has 0 saturated carbocycles. The van der Waals surface area contributed by atoms with Gasteiger partial charge in [0.15, 0.2) is 5.78 Å². The quantitative estimate of drug-likeness (QED) is 0.836. The minimum Gasteiger partial charge on any atom is -0.497 e. The number of fused-ring (bicyclic) bond motifs is 1. The van der Waals surface area contributed by atoms with Crippen LogP contribution in [0.5, 0.6) is 11.5 Å². The standard InChI is InChI=1S/C22H23NO3/c1-25-18-9-3-6-15(12-18)21-20(24)14-17-8-5-11-23(17)22(21)16-7-4-10-19(13-16)26-2/h3-4,6-7,9-10,12-13,17H,5,8,11,14H2,1-2H3. The van der Waals surface area contributed by atoms with Gasteiger partial charge in [-0.05, 0) is 42.7 Å². The van der Waals surface area contributed by atoms with Crippen molar-refractivity contribution in [2.24, 2.45) is 0 Å². The van der Waals surface area contributed by atoms with Gasteiger partial charge in [-0.3, -0.25) is 4.79 Å². The Labute approximate surface area is 154 Å². The van der Waals surface area contributed by atoms with Crippen LogP contribution in [0.1, 0.15) is 30.4 Å². The van der Waals surface area contributed by atoms with E-state index in [1.807, 2.05) is 42.5 Å². The molecule has 2 aromatic rings. The van der Waals surface area contributed by atoms with Crippen molar-refractivity contribution in [1.82, 2.24) is 4.90 Å². The average molecular weight is 349 g/mol. The van der Waals surface area contributed by atoms with Crippen molar-refractivity contribution in [2.45, 2.75) is 25.3 Å². The SMILES string of the molecule is COc1cccc(C2=C(c3cccc(OC)c3)N3CCCC3CC2=O)c1. The van der Waals surface area contributed by atoms with Crippen LogP contribution in [0.4, 0.5) is 0 Å². The van der Waals surface area contributed by atoms with Crippen LogP contribution in [0.25, 0.3) is 11.3 Å². The fourth-order valence-electron chi connectivity index (χ4n) is 4.09. The van der Waals surface area contributed by atoms with Crippen LogP contribution >= 0.6 is 0 Å². The Balaban J connectivity index is 1.94. The van der Waals surface area contributed by atoms with E-state index in [0.717, 1.165) is 53.3 Å². The topological polar surface area (TPSA) is 38.8 Å². The summed E-state index contributed by atoms with van der Waals surface area (Å²) < 4.78 is 10.8. The van der Waals surface area contributed by atoms with E-state index in [2.05, 4.69) is 11.0 Å². The van der Waals surface area contributed by atoms with Crippen LogP contribution in [0.15, 0.2) is 48.5 Å². The second kappa shape index (κ2) is 6.87. The van der Waals surface area contributed by atoms with Crippen molar-refractivity contribution in [3.05, 3.63) is 59.7 Å². The number of ketones is 1. The van der Waals surface area contributed by atoms with Gasteiger partial charge < -0.3 is 14.4 Å². The maximum atomic E-state index is 13.1. The maximum Gasteiger partial charge on any atom is 0.167 e. The summed E-state index contributed by atoms with van der Waals surface area (Å²) in [6, 6.07) is 16.1. The first-order valence-corrected chi connectivity index (χ1v) is 9.04. The molecule has 2 aromatic carbocycles. The second-order valence-electron chi connectivity index (χ2n) is 6.80. The zero-order valence-electron chi connectivity index (χ0n) is 15.2. The molecule has 1 fully saturated rings. The lowest BCUT2D eigenvalue weighted by molar-refractivity contribution is -0.114. The predicted octanol–water partition coefficient (Wildman–Crippen LogP) is 4.01. The molecule has 4 nitrogen and oxygen atoms in total. The molecule has 0 spiro atoms. The summed E-state index contributed by atoms with van der Waals surface area (Å²) >= 11 is 0. The molecule has 0 bridgehead atoms. The number of rotatable bonds is 4. The number of ether oxygens (including phenoxy) is 2. The Morgan fingerprint density at radius 1 is 0.962 bits per heavy atom. The van der Waals surface area contributed by atoms with E-state index >= 15 is 0 Å². The fraction of sp³-hybridized carbons (Fsp3) is 0.318. The molecule has 4 rings (SSSR count). The molecule has 1 atom stereocenters. The maximum absolute atomic E-state index is 13.1. The molecule has 0 aromatic heterocycles. The first kappa shape index (κ1) is 16.7. The lowest BCUT2D eigenvalue weighted by Crippen LogP contribution is -2.36. The third-order valence-corrected chi connectivity index (χ3v) is 5.30. The lowest BCUT2D eigenvalue weighted by Gasteiger charge is -2.35. The molecule has 26 heavy (non-hydrogen) atoms. The molecule has 0 radical (unpaired) electrons. The van der Waals surface area contributed by atoms with Crippen LogP contribution < -0.4 is 9.47 Å². The van der Waals surface area contributed by atoms with Gasteiger partial charge in [-0.2, -0.15) is 0 Å². The summed E-state index contributed by atoms with van der Waals surface area (Å²) in [5.41, 5.74) is 3.76. The van der Waals surface area contributed by atoms with Gasteiger partial charge in [0, 0.05) is 30.1 Å². The van der Waals surface area contributed by atoms with Gasteiger partial charge in [-0.25, -0.2) is 0 Å². The number of carbonyl (C=O) groups excluding carboxylic acids is 1. The number of benzene rings is 2. The Bertz CT molecular complexity index is 871. The van der Waals surface area contributed by atoms with E-state index in [9.17, 15) is 4.79 Å². The van der Waals surface area contributed by atoms with Gasteiger partial charge >= 0.3 is 0 Å². The predicted molar refractivity (Wildman–Crippen MR) is 102 cm³/mol. The second-order valence-corrected chi connectivity index (χ2v) is 6.80. The minimum absolute atomic E-state index is 0.208. The van der Waals surface area contributed by atoms with Gasteiger partial charge in [-0.15, -0.1) is 0 Å². The monoisotopic (exact) mass is 349 g/mol. The highest BCUT2D eigenvalue weighted by atomic mass is 16.5. The number of hydrogen-bond acceptors (Lipinski definition) is 4. The minimum atomic E-state index is 0.208. The fourth-order valence-corrected chi connectivity index (χ4v) is 4.09. The van der Waals surface area contributed by atoms with E-state index in [0.29, 0.717) is 12.5 Å². The van der Waals surface area contributed by atoms with Crippen molar-refractivity contribution >= 4 is 17.1 Å². The molecule has 2 aliphatic heterocycles. The van der Waals surface area contributed by atoms with Crippen molar-refractivity contribution in [1.29, 1.82) is 0 Å². The highest BCUT2D eigenvalue weighted by Gasteiger charge is 2.37. The highest BCUT2D eigenvalue weighted by molar-refractivity contribution is 6.28. The smallest absolute Gasteiger partial charge is 0.167 e. The molecule has 0 amide bonds. The van der Waals surface area contributed by atoms with E-state index in [1.54, 1.807) is 14.2 Å².